The van der Waals surface area contributed by atoms with Crippen LogP contribution in [-0.2, 0) is 16.0 Å². The molecule has 0 spiro atoms. The van der Waals surface area contributed by atoms with Gasteiger partial charge in [-0.3, -0.25) is 0 Å². The lowest BCUT2D eigenvalue weighted by atomic mass is 9.98. The van der Waals surface area contributed by atoms with Crippen molar-refractivity contribution < 1.29 is 33.6 Å². The SMILES string of the molecule is COc1cc2c(cc1CC(NC(=O)OCC1c3ccccc3-c3ccccc31)C(=O)O)OCCCO2. The maximum Gasteiger partial charge on any atom is 0.407 e. The van der Waals surface area contributed by atoms with E-state index in [1.54, 1.807) is 12.1 Å². The molecule has 36 heavy (non-hydrogen) atoms. The van der Waals surface area contributed by atoms with Crippen molar-refractivity contribution in [2.24, 2.45) is 0 Å². The van der Waals surface area contributed by atoms with Crippen molar-refractivity contribution in [2.75, 3.05) is 26.9 Å². The van der Waals surface area contributed by atoms with Crippen molar-refractivity contribution in [2.45, 2.75) is 24.8 Å². The van der Waals surface area contributed by atoms with Gasteiger partial charge >= 0.3 is 12.1 Å². The fraction of sp³-hybridized carbons (Fsp3) is 0.286. The molecule has 5 rings (SSSR count). The van der Waals surface area contributed by atoms with Crippen molar-refractivity contribution in [1.82, 2.24) is 5.32 Å². The van der Waals surface area contributed by atoms with Gasteiger partial charge < -0.3 is 29.4 Å². The second-order valence-electron chi connectivity index (χ2n) is 8.73. The van der Waals surface area contributed by atoms with E-state index in [9.17, 15) is 14.7 Å². The van der Waals surface area contributed by atoms with Crippen LogP contribution >= 0.6 is 0 Å². The number of nitrogens with one attached hydrogen (secondary N) is 1. The maximum absolute atomic E-state index is 12.7. The molecule has 2 N–H and O–H groups in total. The molecule has 1 aliphatic carbocycles. The van der Waals surface area contributed by atoms with E-state index >= 15 is 0 Å². The van der Waals surface area contributed by atoms with Gasteiger partial charge in [0.05, 0.1) is 20.3 Å². The number of benzene rings is 3. The summed E-state index contributed by atoms with van der Waals surface area (Å²) in [6.45, 7) is 1.12. The van der Waals surface area contributed by atoms with Crippen LogP contribution in [0.5, 0.6) is 17.2 Å². The molecule has 3 aromatic carbocycles. The molecular weight excluding hydrogens is 462 g/mol. The first-order valence-electron chi connectivity index (χ1n) is 11.9. The Morgan fingerprint density at radius 2 is 1.61 bits per heavy atom. The van der Waals surface area contributed by atoms with E-state index in [0.29, 0.717) is 36.0 Å². The number of hydrogen-bond acceptors (Lipinski definition) is 6. The molecule has 8 nitrogen and oxygen atoms in total. The lowest BCUT2D eigenvalue weighted by Crippen LogP contribution is -2.43. The van der Waals surface area contributed by atoms with E-state index in [4.69, 9.17) is 18.9 Å². The molecular formula is C28H27NO7. The van der Waals surface area contributed by atoms with Gasteiger partial charge in [0.15, 0.2) is 11.5 Å². The number of hydrogen-bond donors (Lipinski definition) is 2. The number of amides is 1. The van der Waals surface area contributed by atoms with Crippen LogP contribution < -0.4 is 19.5 Å². The monoisotopic (exact) mass is 489 g/mol. The second kappa shape index (κ2) is 10.2. The number of ether oxygens (including phenoxy) is 4. The topological polar surface area (TPSA) is 103 Å². The summed E-state index contributed by atoms with van der Waals surface area (Å²) in [6.07, 6.45) is -0.0650. The Hall–Kier alpha value is -4.20. The molecule has 0 saturated heterocycles. The number of rotatable bonds is 7. The van der Waals surface area contributed by atoms with Crippen molar-refractivity contribution in [1.29, 1.82) is 0 Å². The number of aliphatic carboxylic acids is 1. The highest BCUT2D eigenvalue weighted by atomic mass is 16.5. The summed E-state index contributed by atoms with van der Waals surface area (Å²) in [5.74, 6) is 0.226. The van der Waals surface area contributed by atoms with E-state index < -0.39 is 18.1 Å². The third kappa shape index (κ3) is 4.66. The zero-order valence-electron chi connectivity index (χ0n) is 19.9. The quantitative estimate of drug-likeness (QED) is 0.507. The van der Waals surface area contributed by atoms with Crippen LogP contribution in [0.3, 0.4) is 0 Å². The zero-order valence-corrected chi connectivity index (χ0v) is 19.9. The van der Waals surface area contributed by atoms with Crippen molar-refractivity contribution in [3.63, 3.8) is 0 Å². The Morgan fingerprint density at radius 1 is 1.00 bits per heavy atom. The summed E-state index contributed by atoms with van der Waals surface area (Å²) in [4.78, 5) is 24.7. The Kier molecular flexibility index (Phi) is 6.66. The Morgan fingerprint density at radius 3 is 2.22 bits per heavy atom. The lowest BCUT2D eigenvalue weighted by molar-refractivity contribution is -0.139. The van der Waals surface area contributed by atoms with Crippen molar-refractivity contribution in [3.05, 3.63) is 77.4 Å². The van der Waals surface area contributed by atoms with Crippen LogP contribution in [0.25, 0.3) is 11.1 Å². The molecule has 0 radical (unpaired) electrons. The molecule has 0 aromatic heterocycles. The first-order valence-corrected chi connectivity index (χ1v) is 11.9. The number of fused-ring (bicyclic) bond motifs is 4. The Bertz CT molecular complexity index is 1240. The number of alkyl carbamates (subject to hydrolysis) is 1. The van der Waals surface area contributed by atoms with Gasteiger partial charge in [-0.2, -0.15) is 0 Å². The standard InChI is InChI=1S/C28H27NO7/c1-33-24-15-26-25(34-11-6-12-35-26)14-17(24)13-23(27(30)31)29-28(32)36-16-22-20-9-4-2-7-18(20)19-8-3-5-10-21(19)22/h2-5,7-10,14-15,22-23H,6,11-13,16H2,1H3,(H,29,32)(H,30,31). The highest BCUT2D eigenvalue weighted by Gasteiger charge is 2.30. The van der Waals surface area contributed by atoms with Gasteiger partial charge in [0.1, 0.15) is 18.4 Å². The first kappa shape index (κ1) is 23.5. The average Bonchev–Trinajstić information content (AvgIpc) is 3.02. The predicted octanol–water partition coefficient (Wildman–Crippen LogP) is 4.39. The molecule has 1 heterocycles. The number of carbonyl (C=O) groups excluding carboxylic acids is 1. The van der Waals surface area contributed by atoms with Crippen LogP contribution in [0.15, 0.2) is 60.7 Å². The van der Waals surface area contributed by atoms with E-state index in [1.807, 2.05) is 36.4 Å². The van der Waals surface area contributed by atoms with Gasteiger partial charge in [0, 0.05) is 30.4 Å². The van der Waals surface area contributed by atoms with Crippen molar-refractivity contribution in [3.8, 4) is 28.4 Å². The molecule has 2 aliphatic rings. The molecule has 186 valence electrons. The lowest BCUT2D eigenvalue weighted by Gasteiger charge is -2.19. The van der Waals surface area contributed by atoms with Crippen LogP contribution in [0.4, 0.5) is 4.79 Å². The summed E-state index contributed by atoms with van der Waals surface area (Å²) in [6, 6.07) is 18.2. The fourth-order valence-corrected chi connectivity index (χ4v) is 4.78. The third-order valence-electron chi connectivity index (χ3n) is 6.51. The van der Waals surface area contributed by atoms with Gasteiger partial charge in [0.25, 0.3) is 0 Å². The zero-order chi connectivity index (χ0) is 25.1. The molecule has 3 aromatic rings. The summed E-state index contributed by atoms with van der Waals surface area (Å²) >= 11 is 0. The van der Waals surface area contributed by atoms with E-state index in [1.165, 1.54) is 7.11 Å². The first-order chi connectivity index (χ1) is 17.5. The largest absolute Gasteiger partial charge is 0.496 e. The van der Waals surface area contributed by atoms with Crippen LogP contribution in [0.1, 0.15) is 29.0 Å². The van der Waals surface area contributed by atoms with Crippen LogP contribution in [-0.4, -0.2) is 50.1 Å². The number of carboxylic acid groups (broad SMARTS) is 1. The van der Waals surface area contributed by atoms with Gasteiger partial charge in [-0.1, -0.05) is 48.5 Å². The number of carbonyl (C=O) groups is 2. The predicted molar refractivity (Wildman–Crippen MR) is 132 cm³/mol. The molecule has 0 fully saturated rings. The summed E-state index contributed by atoms with van der Waals surface area (Å²) in [5, 5.41) is 12.3. The Labute approximate surface area is 208 Å². The molecule has 8 heteroatoms. The van der Waals surface area contributed by atoms with Gasteiger partial charge in [-0.15, -0.1) is 0 Å². The van der Waals surface area contributed by atoms with E-state index in [0.717, 1.165) is 28.7 Å². The minimum Gasteiger partial charge on any atom is -0.496 e. The molecule has 1 atom stereocenters. The highest BCUT2D eigenvalue weighted by molar-refractivity contribution is 5.81. The molecule has 1 amide bonds. The van der Waals surface area contributed by atoms with E-state index in [2.05, 4.69) is 17.4 Å². The van der Waals surface area contributed by atoms with Gasteiger partial charge in [-0.25, -0.2) is 9.59 Å². The fourth-order valence-electron chi connectivity index (χ4n) is 4.78. The summed E-state index contributed by atoms with van der Waals surface area (Å²) in [7, 11) is 1.50. The van der Waals surface area contributed by atoms with Crippen LogP contribution in [0.2, 0.25) is 0 Å². The van der Waals surface area contributed by atoms with E-state index in [-0.39, 0.29) is 18.9 Å². The molecule has 1 aliphatic heterocycles. The average molecular weight is 490 g/mol. The molecule has 0 bridgehead atoms. The second-order valence-corrected chi connectivity index (χ2v) is 8.73. The maximum atomic E-state index is 12.7. The normalized spacial score (nSPS) is 14.7. The van der Waals surface area contributed by atoms with Gasteiger partial charge in [-0.05, 0) is 28.3 Å². The van der Waals surface area contributed by atoms with Crippen LogP contribution in [0, 0.1) is 0 Å². The summed E-state index contributed by atoms with van der Waals surface area (Å²) < 4.78 is 22.4. The number of methoxy groups -OCH3 is 1. The summed E-state index contributed by atoms with van der Waals surface area (Å²) in [5.41, 5.74) is 4.98. The Balaban J connectivity index is 1.28. The minimum absolute atomic E-state index is 0.0145. The minimum atomic E-state index is -1.22. The van der Waals surface area contributed by atoms with Gasteiger partial charge in [0.2, 0.25) is 0 Å². The molecule has 1 unspecified atom stereocenters. The highest BCUT2D eigenvalue weighted by Crippen LogP contribution is 2.44. The van der Waals surface area contributed by atoms with Crippen molar-refractivity contribution >= 4 is 12.1 Å². The third-order valence-corrected chi connectivity index (χ3v) is 6.51. The number of carboxylic acids is 1. The molecule has 0 saturated carbocycles. The smallest absolute Gasteiger partial charge is 0.407 e.